The highest BCUT2D eigenvalue weighted by Crippen LogP contribution is 2.39. The van der Waals surface area contributed by atoms with Crippen LogP contribution in [-0.4, -0.2) is 33.1 Å². The lowest BCUT2D eigenvalue weighted by Crippen LogP contribution is -2.41. The quantitative estimate of drug-likeness (QED) is 0.531. The summed E-state index contributed by atoms with van der Waals surface area (Å²) >= 11 is 7.81. The van der Waals surface area contributed by atoms with Crippen LogP contribution in [0.15, 0.2) is 41.6 Å². The lowest BCUT2D eigenvalue weighted by atomic mass is 10.0. The smallest absolute Gasteiger partial charge is 0.240 e. The maximum Gasteiger partial charge on any atom is 0.240 e. The van der Waals surface area contributed by atoms with Crippen LogP contribution in [0.25, 0.3) is 0 Å². The lowest BCUT2D eigenvalue weighted by Gasteiger charge is -2.33. The SMILES string of the molecule is CCCc1nnc2n1N[C@@H](c1ccc(OC)c(Cl)c1)[C@@H](C(=O)Nc1ccc(C)cc1C)S2. The number of carbonyl (C=O) groups is 1. The molecule has 1 amide bonds. The number of nitrogens with zero attached hydrogens (tertiary/aromatic N) is 3. The molecule has 1 aliphatic rings. The van der Waals surface area contributed by atoms with Gasteiger partial charge in [0.1, 0.15) is 11.0 Å². The van der Waals surface area contributed by atoms with Gasteiger partial charge in [0, 0.05) is 12.1 Å². The molecule has 0 saturated heterocycles. The van der Waals surface area contributed by atoms with Crippen molar-refractivity contribution >= 4 is 35.0 Å². The van der Waals surface area contributed by atoms with Crippen molar-refractivity contribution in [2.45, 2.75) is 50.1 Å². The molecule has 1 aliphatic heterocycles. The van der Waals surface area contributed by atoms with E-state index in [1.165, 1.54) is 11.8 Å². The van der Waals surface area contributed by atoms with E-state index in [4.69, 9.17) is 16.3 Å². The molecule has 0 radical (unpaired) electrons. The van der Waals surface area contributed by atoms with E-state index in [1.54, 1.807) is 7.11 Å². The number of methoxy groups -OCH3 is 1. The minimum Gasteiger partial charge on any atom is -0.495 e. The first-order valence-electron chi connectivity index (χ1n) is 10.5. The molecule has 0 fully saturated rings. The Bertz CT molecular complexity index is 1150. The Morgan fingerprint density at radius 2 is 2.06 bits per heavy atom. The number of ether oxygens (including phenoxy) is 1. The molecule has 3 aromatic rings. The molecule has 4 rings (SSSR count). The summed E-state index contributed by atoms with van der Waals surface area (Å²) in [6, 6.07) is 11.2. The fourth-order valence-corrected chi connectivity index (χ4v) is 5.13. The van der Waals surface area contributed by atoms with Gasteiger partial charge in [-0.1, -0.05) is 54.0 Å². The maximum absolute atomic E-state index is 13.5. The van der Waals surface area contributed by atoms with Crippen LogP contribution < -0.4 is 15.5 Å². The van der Waals surface area contributed by atoms with E-state index in [0.717, 1.165) is 41.0 Å². The Kier molecular flexibility index (Phi) is 6.62. The zero-order valence-electron chi connectivity index (χ0n) is 18.5. The summed E-state index contributed by atoms with van der Waals surface area (Å²) in [7, 11) is 1.58. The third kappa shape index (κ3) is 4.42. The second-order valence-electron chi connectivity index (χ2n) is 7.83. The Hall–Kier alpha value is -2.71. The van der Waals surface area contributed by atoms with Crippen LogP contribution in [0.4, 0.5) is 5.69 Å². The van der Waals surface area contributed by atoms with Gasteiger partial charge in [-0.3, -0.25) is 4.79 Å². The molecular formula is C23H26ClN5O2S. The highest BCUT2D eigenvalue weighted by molar-refractivity contribution is 8.00. The van der Waals surface area contributed by atoms with Crippen LogP contribution >= 0.6 is 23.4 Å². The summed E-state index contributed by atoms with van der Waals surface area (Å²) in [5.74, 6) is 1.32. The highest BCUT2D eigenvalue weighted by Gasteiger charge is 2.38. The average Bonchev–Trinajstić information content (AvgIpc) is 3.17. The van der Waals surface area contributed by atoms with Crippen molar-refractivity contribution in [2.24, 2.45) is 0 Å². The van der Waals surface area contributed by atoms with E-state index < -0.39 is 5.25 Å². The van der Waals surface area contributed by atoms with Crippen molar-refractivity contribution in [1.82, 2.24) is 14.9 Å². The van der Waals surface area contributed by atoms with Crippen LogP contribution in [0.5, 0.6) is 5.75 Å². The number of aryl methyl sites for hydroxylation is 3. The summed E-state index contributed by atoms with van der Waals surface area (Å²) < 4.78 is 7.18. The number of anilines is 1. The van der Waals surface area contributed by atoms with Gasteiger partial charge < -0.3 is 15.5 Å². The number of hydrogen-bond acceptors (Lipinski definition) is 6. The standard InChI is InChI=1S/C23H26ClN5O2S/c1-5-6-19-26-27-23-29(19)28-20(15-8-10-18(31-4)16(24)12-15)21(32-23)22(30)25-17-9-7-13(2)11-14(17)3/h7-12,20-21,28H,5-6H2,1-4H3,(H,25,30)/t20-,21-/m0/s1. The van der Waals surface area contributed by atoms with Crippen LogP contribution in [0.3, 0.4) is 0 Å². The third-order valence-electron chi connectivity index (χ3n) is 5.41. The van der Waals surface area contributed by atoms with Gasteiger partial charge >= 0.3 is 0 Å². The number of carbonyl (C=O) groups excluding carboxylic acids is 1. The number of hydrogen-bond donors (Lipinski definition) is 2. The van der Waals surface area contributed by atoms with E-state index in [-0.39, 0.29) is 11.9 Å². The molecule has 7 nitrogen and oxygen atoms in total. The van der Waals surface area contributed by atoms with Gasteiger partial charge in [0.05, 0.1) is 18.2 Å². The van der Waals surface area contributed by atoms with E-state index in [9.17, 15) is 4.79 Å². The number of aromatic nitrogens is 3. The van der Waals surface area contributed by atoms with E-state index >= 15 is 0 Å². The molecule has 0 bridgehead atoms. The summed E-state index contributed by atoms with van der Waals surface area (Å²) in [4.78, 5) is 13.5. The van der Waals surface area contributed by atoms with Crippen molar-refractivity contribution in [3.8, 4) is 5.75 Å². The molecular weight excluding hydrogens is 446 g/mol. The molecule has 2 N–H and O–H groups in total. The van der Waals surface area contributed by atoms with Crippen LogP contribution in [0, 0.1) is 13.8 Å². The van der Waals surface area contributed by atoms with Gasteiger partial charge in [0.25, 0.3) is 0 Å². The summed E-state index contributed by atoms with van der Waals surface area (Å²) in [5, 5.41) is 12.4. The van der Waals surface area contributed by atoms with Crippen molar-refractivity contribution in [3.05, 3.63) is 63.9 Å². The normalized spacial score (nSPS) is 17.4. The van der Waals surface area contributed by atoms with Crippen LogP contribution in [-0.2, 0) is 11.2 Å². The second kappa shape index (κ2) is 9.42. The predicted octanol–water partition coefficient (Wildman–Crippen LogP) is 4.91. The van der Waals surface area contributed by atoms with Crippen LogP contribution in [0.1, 0.15) is 41.9 Å². The van der Waals surface area contributed by atoms with E-state index in [2.05, 4.69) is 33.9 Å². The molecule has 2 aromatic carbocycles. The molecule has 0 unspecified atom stereocenters. The van der Waals surface area contributed by atoms with Gasteiger partial charge in [0.2, 0.25) is 11.1 Å². The monoisotopic (exact) mass is 471 g/mol. The van der Waals surface area contributed by atoms with Crippen LogP contribution in [0.2, 0.25) is 5.02 Å². The zero-order chi connectivity index (χ0) is 22.8. The first-order chi connectivity index (χ1) is 15.4. The van der Waals surface area contributed by atoms with Gasteiger partial charge in [0.15, 0.2) is 5.82 Å². The highest BCUT2D eigenvalue weighted by atomic mass is 35.5. The van der Waals surface area contributed by atoms with Gasteiger partial charge in [-0.15, -0.1) is 10.2 Å². The molecule has 0 aliphatic carbocycles. The van der Waals surface area contributed by atoms with Gasteiger partial charge in [-0.05, 0) is 49.6 Å². The fourth-order valence-electron chi connectivity index (χ4n) is 3.77. The Morgan fingerprint density at radius 1 is 1.25 bits per heavy atom. The Labute approximate surface area is 196 Å². The summed E-state index contributed by atoms with van der Waals surface area (Å²) in [6.07, 6.45) is 1.73. The number of rotatable bonds is 6. The minimum atomic E-state index is -0.480. The maximum atomic E-state index is 13.5. The van der Waals surface area contributed by atoms with E-state index in [0.29, 0.717) is 15.9 Å². The number of thioether (sulfide) groups is 1. The topological polar surface area (TPSA) is 81.1 Å². The zero-order valence-corrected chi connectivity index (χ0v) is 20.0. The fraction of sp³-hybridized carbons (Fsp3) is 0.348. The lowest BCUT2D eigenvalue weighted by molar-refractivity contribution is -0.116. The summed E-state index contributed by atoms with van der Waals surface area (Å²) in [6.45, 7) is 6.12. The molecule has 2 heterocycles. The largest absolute Gasteiger partial charge is 0.495 e. The molecule has 9 heteroatoms. The third-order valence-corrected chi connectivity index (χ3v) is 6.92. The molecule has 168 valence electrons. The van der Waals surface area contributed by atoms with Gasteiger partial charge in [-0.2, -0.15) is 0 Å². The van der Waals surface area contributed by atoms with E-state index in [1.807, 2.05) is 48.9 Å². The van der Waals surface area contributed by atoms with Gasteiger partial charge in [-0.25, -0.2) is 4.68 Å². The van der Waals surface area contributed by atoms with Crippen molar-refractivity contribution in [3.63, 3.8) is 0 Å². The number of benzene rings is 2. The minimum absolute atomic E-state index is 0.113. The first kappa shape index (κ1) is 22.5. The van der Waals surface area contributed by atoms with Crippen molar-refractivity contribution in [1.29, 1.82) is 0 Å². The molecule has 32 heavy (non-hydrogen) atoms. The molecule has 1 aromatic heterocycles. The molecule has 0 spiro atoms. The second-order valence-corrected chi connectivity index (χ2v) is 9.35. The number of amides is 1. The number of fused-ring (bicyclic) bond motifs is 1. The Morgan fingerprint density at radius 3 is 2.75 bits per heavy atom. The molecule has 2 atom stereocenters. The molecule has 0 saturated carbocycles. The number of halogens is 1. The Balaban J connectivity index is 1.69. The summed E-state index contributed by atoms with van der Waals surface area (Å²) in [5.41, 5.74) is 7.31. The predicted molar refractivity (Wildman–Crippen MR) is 128 cm³/mol. The first-order valence-corrected chi connectivity index (χ1v) is 11.8. The number of nitrogens with one attached hydrogen (secondary N) is 2. The van der Waals surface area contributed by atoms with Crippen molar-refractivity contribution < 1.29 is 9.53 Å². The average molecular weight is 472 g/mol. The van der Waals surface area contributed by atoms with Crippen molar-refractivity contribution in [2.75, 3.05) is 17.9 Å².